The quantitative estimate of drug-likeness (QED) is 0.146. The molecular weight excluding hydrogens is 535 g/mol. The zero-order valence-electron chi connectivity index (χ0n) is 17.5. The summed E-state index contributed by atoms with van der Waals surface area (Å²) in [7, 11) is -4.15. The van der Waals surface area contributed by atoms with Gasteiger partial charge in [-0.15, -0.1) is 15.7 Å². The van der Waals surface area contributed by atoms with Crippen LogP contribution in [0.3, 0.4) is 0 Å². The zero-order chi connectivity index (χ0) is 25.2. The Kier molecular flexibility index (Phi) is 6.95. The number of nitrogens with zero attached hydrogens (tertiary/aromatic N) is 3. The zero-order valence-corrected chi connectivity index (χ0v) is 20.6. The number of hydrogen-bond donors (Lipinski definition) is 3. The first kappa shape index (κ1) is 24.5. The molecule has 0 aliphatic carbocycles. The lowest BCUT2D eigenvalue weighted by atomic mass is 10.1. The van der Waals surface area contributed by atoms with E-state index in [1.807, 2.05) is 0 Å². The summed E-state index contributed by atoms with van der Waals surface area (Å²) in [5.41, 5.74) is 1.22. The highest BCUT2D eigenvalue weighted by molar-refractivity contribution is 7.92. The van der Waals surface area contributed by atoms with Crippen LogP contribution in [0.2, 0.25) is 9.36 Å². The van der Waals surface area contributed by atoms with Crippen molar-refractivity contribution in [3.63, 3.8) is 0 Å². The number of hydrogen-bond acceptors (Lipinski definition) is 7. The van der Waals surface area contributed by atoms with Gasteiger partial charge < -0.3 is 10.6 Å². The van der Waals surface area contributed by atoms with Gasteiger partial charge in [0.2, 0.25) is 5.96 Å². The summed E-state index contributed by atoms with van der Waals surface area (Å²) in [6.07, 6.45) is 1.61. The number of anilines is 3. The van der Waals surface area contributed by atoms with Crippen LogP contribution in [-0.4, -0.2) is 32.7 Å². The molecule has 0 spiro atoms. The minimum atomic E-state index is -4.15. The maximum absolute atomic E-state index is 13.1. The molecule has 178 valence electrons. The van der Waals surface area contributed by atoms with Gasteiger partial charge in [-0.1, -0.05) is 35.3 Å². The molecular formula is C21H14Cl2N6O4S2. The molecule has 2 heterocycles. The lowest BCUT2D eigenvalue weighted by Crippen LogP contribution is -2.38. The van der Waals surface area contributed by atoms with Crippen molar-refractivity contribution in [2.24, 2.45) is 4.40 Å². The van der Waals surface area contributed by atoms with Crippen molar-refractivity contribution in [3.8, 4) is 6.19 Å². The Morgan fingerprint density at radius 1 is 1.14 bits per heavy atom. The smallest absolute Gasteiger partial charge is 0.295 e. The number of imide groups is 1. The molecule has 0 unspecified atom stereocenters. The summed E-state index contributed by atoms with van der Waals surface area (Å²) in [6, 6.07) is 13.7. The topological polar surface area (TPSA) is 144 Å². The Balaban J connectivity index is 1.64. The second kappa shape index (κ2) is 9.93. The summed E-state index contributed by atoms with van der Waals surface area (Å²) < 4.78 is 28.8. The molecule has 0 fully saturated rings. The molecule has 1 aromatic heterocycles. The molecule has 2 amide bonds. The first-order valence-electron chi connectivity index (χ1n) is 9.72. The highest BCUT2D eigenvalue weighted by Crippen LogP contribution is 2.33. The largest absolute Gasteiger partial charge is 0.375 e. The van der Waals surface area contributed by atoms with Crippen molar-refractivity contribution in [1.29, 1.82) is 5.26 Å². The summed E-state index contributed by atoms with van der Waals surface area (Å²) in [5, 5.41) is 16.8. The van der Waals surface area contributed by atoms with Gasteiger partial charge >= 0.3 is 0 Å². The van der Waals surface area contributed by atoms with Gasteiger partial charge in [0.25, 0.3) is 21.8 Å². The molecule has 3 N–H and O–H groups in total. The Morgan fingerprint density at radius 2 is 1.91 bits per heavy atom. The number of amides is 2. The van der Waals surface area contributed by atoms with Gasteiger partial charge in [-0.3, -0.25) is 14.9 Å². The first-order chi connectivity index (χ1) is 16.7. The average Bonchev–Trinajstić information content (AvgIpc) is 3.22. The molecule has 14 heteroatoms. The lowest BCUT2D eigenvalue weighted by Gasteiger charge is -2.20. The van der Waals surface area contributed by atoms with Crippen molar-refractivity contribution in [2.75, 3.05) is 22.1 Å². The molecule has 10 nitrogen and oxygen atoms in total. The van der Waals surface area contributed by atoms with Gasteiger partial charge in [0.05, 0.1) is 27.2 Å². The van der Waals surface area contributed by atoms with Crippen molar-refractivity contribution in [3.05, 3.63) is 69.5 Å². The van der Waals surface area contributed by atoms with E-state index < -0.39 is 21.8 Å². The summed E-state index contributed by atoms with van der Waals surface area (Å²) in [5.74, 6) is -1.45. The number of carbonyl (C=O) groups excluding carboxylic acids is 2. The SMILES string of the molecule is N#CN/C(=N\S(=O)(=O)c1ccc(Cl)s1)Nc1ccc(N2C(=O)CNc3ccccc3C2=O)c(Cl)c1. The first-order valence-corrected chi connectivity index (χ1v) is 12.7. The van der Waals surface area contributed by atoms with E-state index in [4.69, 9.17) is 28.5 Å². The van der Waals surface area contributed by atoms with Gasteiger partial charge in [-0.25, -0.2) is 4.90 Å². The number of guanidine groups is 1. The number of sulfonamides is 1. The van der Waals surface area contributed by atoms with E-state index in [9.17, 15) is 18.0 Å². The molecule has 35 heavy (non-hydrogen) atoms. The third kappa shape index (κ3) is 5.23. The molecule has 2 aromatic carbocycles. The van der Waals surface area contributed by atoms with Crippen molar-refractivity contribution < 1.29 is 18.0 Å². The van der Waals surface area contributed by atoms with E-state index >= 15 is 0 Å². The number of rotatable bonds is 4. The van der Waals surface area contributed by atoms with Crippen LogP contribution in [0.5, 0.6) is 0 Å². The normalized spacial score (nSPS) is 14.0. The van der Waals surface area contributed by atoms with E-state index in [1.165, 1.54) is 30.3 Å². The number of benzene rings is 2. The fourth-order valence-corrected chi connectivity index (χ4v) is 5.83. The minimum absolute atomic E-state index is 0.0280. The molecule has 1 aliphatic heterocycles. The Hall–Kier alpha value is -3.63. The third-order valence-corrected chi connectivity index (χ3v) is 7.96. The standard InChI is InChI=1S/C21H14Cl2N6O4S2/c22-14-9-12(27-21(26-11-24)28-35(32,33)19-8-7-17(23)34-19)5-6-16(14)29-18(30)10-25-15-4-2-1-3-13(15)20(29)31/h1-9,25H,10H2,(H2,26,27,28). The van der Waals surface area contributed by atoms with Crippen LogP contribution in [-0.2, 0) is 14.8 Å². The molecule has 0 radical (unpaired) electrons. The summed E-state index contributed by atoms with van der Waals surface area (Å²) in [4.78, 5) is 26.8. The number of thiophene rings is 1. The van der Waals surface area contributed by atoms with Crippen LogP contribution in [0.15, 0.2) is 63.2 Å². The van der Waals surface area contributed by atoms with E-state index in [-0.39, 0.29) is 37.4 Å². The van der Waals surface area contributed by atoms with Gasteiger partial charge in [0.15, 0.2) is 6.19 Å². The number of halogens is 2. The van der Waals surface area contributed by atoms with Crippen LogP contribution in [0.25, 0.3) is 0 Å². The Labute approximate surface area is 213 Å². The van der Waals surface area contributed by atoms with E-state index in [0.717, 1.165) is 16.2 Å². The molecule has 0 saturated carbocycles. The maximum Gasteiger partial charge on any atom is 0.295 e. The van der Waals surface area contributed by atoms with Gasteiger partial charge in [-0.2, -0.15) is 13.7 Å². The lowest BCUT2D eigenvalue weighted by molar-refractivity contribution is -0.116. The van der Waals surface area contributed by atoms with Crippen molar-refractivity contribution in [2.45, 2.75) is 4.21 Å². The Bertz CT molecular complexity index is 1510. The predicted molar refractivity (Wildman–Crippen MR) is 135 cm³/mol. The molecule has 3 aromatic rings. The second-order valence-electron chi connectivity index (χ2n) is 6.93. The van der Waals surface area contributed by atoms with Crippen molar-refractivity contribution >= 4 is 79.4 Å². The molecule has 4 rings (SSSR count). The molecule has 0 bridgehead atoms. The van der Waals surface area contributed by atoms with E-state index in [2.05, 4.69) is 20.3 Å². The number of nitrogens with one attached hydrogen (secondary N) is 3. The summed E-state index contributed by atoms with van der Waals surface area (Å²) >= 11 is 13.0. The fourth-order valence-electron chi connectivity index (χ4n) is 3.19. The van der Waals surface area contributed by atoms with E-state index in [0.29, 0.717) is 11.3 Å². The van der Waals surface area contributed by atoms with Crippen LogP contribution >= 0.6 is 34.5 Å². The number of para-hydroxylation sites is 1. The molecule has 1 aliphatic rings. The van der Waals surface area contributed by atoms with Crippen LogP contribution < -0.4 is 20.9 Å². The van der Waals surface area contributed by atoms with Crippen LogP contribution in [0, 0.1) is 11.5 Å². The predicted octanol–water partition coefficient (Wildman–Crippen LogP) is 3.88. The second-order valence-corrected chi connectivity index (χ2v) is 10.9. The monoisotopic (exact) mass is 548 g/mol. The number of carbonyl (C=O) groups is 2. The fraction of sp³-hybridized carbons (Fsp3) is 0.0476. The van der Waals surface area contributed by atoms with Crippen molar-refractivity contribution in [1.82, 2.24) is 5.32 Å². The van der Waals surface area contributed by atoms with Gasteiger partial charge in [0.1, 0.15) is 4.21 Å². The van der Waals surface area contributed by atoms with Crippen LogP contribution in [0.4, 0.5) is 17.1 Å². The third-order valence-electron chi connectivity index (χ3n) is 4.68. The maximum atomic E-state index is 13.1. The highest BCUT2D eigenvalue weighted by atomic mass is 35.5. The molecule has 0 saturated heterocycles. The number of nitriles is 1. The Morgan fingerprint density at radius 3 is 2.60 bits per heavy atom. The van der Waals surface area contributed by atoms with Gasteiger partial charge in [-0.05, 0) is 42.5 Å². The highest BCUT2D eigenvalue weighted by Gasteiger charge is 2.31. The van der Waals surface area contributed by atoms with Crippen LogP contribution in [0.1, 0.15) is 10.4 Å². The summed E-state index contributed by atoms with van der Waals surface area (Å²) in [6.45, 7) is -0.118. The minimum Gasteiger partial charge on any atom is -0.375 e. The molecule has 0 atom stereocenters. The average molecular weight is 549 g/mol. The number of fused-ring (bicyclic) bond motifs is 1. The van der Waals surface area contributed by atoms with Gasteiger partial charge in [0, 0.05) is 11.4 Å². The van der Waals surface area contributed by atoms with E-state index in [1.54, 1.807) is 30.5 Å².